The van der Waals surface area contributed by atoms with Gasteiger partial charge in [-0.15, -0.1) is 11.8 Å². The Morgan fingerprint density at radius 1 is 1.44 bits per heavy atom. The summed E-state index contributed by atoms with van der Waals surface area (Å²) in [5, 5.41) is 5.75. The molecule has 0 bridgehead atoms. The second-order valence-corrected chi connectivity index (χ2v) is 4.69. The van der Waals surface area contributed by atoms with Gasteiger partial charge >= 0.3 is 6.61 Å². The van der Waals surface area contributed by atoms with Gasteiger partial charge in [0, 0.05) is 17.3 Å². The van der Waals surface area contributed by atoms with Crippen molar-refractivity contribution in [1.29, 1.82) is 0 Å². The van der Waals surface area contributed by atoms with Crippen molar-refractivity contribution in [2.75, 3.05) is 16.9 Å². The van der Waals surface area contributed by atoms with E-state index in [4.69, 9.17) is 0 Å². The minimum atomic E-state index is -2.84. The van der Waals surface area contributed by atoms with Gasteiger partial charge in [0.25, 0.3) is 0 Å². The van der Waals surface area contributed by atoms with Crippen LogP contribution in [0.3, 0.4) is 0 Å². The Bertz CT molecular complexity index is 408. The van der Waals surface area contributed by atoms with E-state index in [0.29, 0.717) is 5.69 Å². The molecule has 2 rings (SSSR count). The highest BCUT2D eigenvalue weighted by atomic mass is 32.2. The Balaban J connectivity index is 1.91. The number of hydrogen-bond donors (Lipinski definition) is 2. The number of thioether (sulfide) groups is 1. The molecule has 0 radical (unpaired) electrons. The van der Waals surface area contributed by atoms with Crippen LogP contribution in [0.4, 0.5) is 14.5 Å². The Morgan fingerprint density at radius 2 is 2.17 bits per heavy atom. The number of nitrogens with one attached hydrogen (secondary N) is 2. The van der Waals surface area contributed by atoms with Gasteiger partial charge in [-0.2, -0.15) is 8.78 Å². The van der Waals surface area contributed by atoms with Crippen LogP contribution in [0.25, 0.3) is 0 Å². The van der Waals surface area contributed by atoms with Crippen molar-refractivity contribution in [3.8, 4) is 5.75 Å². The average molecular weight is 274 g/mol. The van der Waals surface area contributed by atoms with Crippen LogP contribution in [0.15, 0.2) is 24.3 Å². The maximum absolute atomic E-state index is 11.9. The molecule has 1 amide bonds. The van der Waals surface area contributed by atoms with Gasteiger partial charge in [0.1, 0.15) is 5.75 Å². The summed E-state index contributed by atoms with van der Waals surface area (Å²) in [5.74, 6) is 1.44. The van der Waals surface area contributed by atoms with Crippen LogP contribution < -0.4 is 15.4 Å². The summed E-state index contributed by atoms with van der Waals surface area (Å²) in [7, 11) is 0. The molecule has 1 heterocycles. The summed E-state index contributed by atoms with van der Waals surface area (Å²) in [4.78, 5) is 11.7. The van der Waals surface area contributed by atoms with Crippen LogP contribution in [-0.4, -0.2) is 30.2 Å². The SMILES string of the molecule is O=C(Nc1ccc(OC(F)F)cc1)C1CSCN1. The van der Waals surface area contributed by atoms with Crippen molar-refractivity contribution < 1.29 is 18.3 Å². The molecular weight excluding hydrogens is 262 g/mol. The first kappa shape index (κ1) is 13.1. The molecule has 1 unspecified atom stereocenters. The van der Waals surface area contributed by atoms with Gasteiger partial charge in [-0.05, 0) is 24.3 Å². The van der Waals surface area contributed by atoms with Gasteiger partial charge in [-0.1, -0.05) is 0 Å². The van der Waals surface area contributed by atoms with Crippen molar-refractivity contribution in [1.82, 2.24) is 5.32 Å². The fraction of sp³-hybridized carbons (Fsp3) is 0.364. The molecule has 2 N–H and O–H groups in total. The Labute approximate surface area is 107 Å². The zero-order valence-corrected chi connectivity index (χ0v) is 10.2. The van der Waals surface area contributed by atoms with Crippen LogP contribution in [0, 0.1) is 0 Å². The number of carbonyl (C=O) groups excluding carboxylic acids is 1. The van der Waals surface area contributed by atoms with E-state index in [-0.39, 0.29) is 17.7 Å². The highest BCUT2D eigenvalue weighted by molar-refractivity contribution is 7.99. The van der Waals surface area contributed by atoms with Gasteiger partial charge in [-0.3, -0.25) is 10.1 Å². The molecule has 1 aromatic rings. The van der Waals surface area contributed by atoms with E-state index >= 15 is 0 Å². The number of amides is 1. The average Bonchev–Trinajstić information content (AvgIpc) is 2.84. The zero-order valence-electron chi connectivity index (χ0n) is 9.36. The van der Waals surface area contributed by atoms with Crippen molar-refractivity contribution in [3.63, 3.8) is 0 Å². The maximum Gasteiger partial charge on any atom is 0.387 e. The minimum Gasteiger partial charge on any atom is -0.435 e. The first-order chi connectivity index (χ1) is 8.65. The lowest BCUT2D eigenvalue weighted by Gasteiger charge is -2.11. The summed E-state index contributed by atoms with van der Waals surface area (Å²) < 4.78 is 28.1. The Morgan fingerprint density at radius 3 is 2.72 bits per heavy atom. The molecule has 0 spiro atoms. The summed E-state index contributed by atoms with van der Waals surface area (Å²) in [5.41, 5.74) is 0.556. The smallest absolute Gasteiger partial charge is 0.387 e. The third-order valence-corrected chi connectivity index (χ3v) is 3.32. The summed E-state index contributed by atoms with van der Waals surface area (Å²) in [6.07, 6.45) is 0. The van der Waals surface area contributed by atoms with Gasteiger partial charge < -0.3 is 10.1 Å². The van der Waals surface area contributed by atoms with E-state index in [1.165, 1.54) is 24.3 Å². The largest absolute Gasteiger partial charge is 0.435 e. The first-order valence-corrected chi connectivity index (χ1v) is 6.47. The Kier molecular flexibility index (Phi) is 4.38. The van der Waals surface area contributed by atoms with Crippen molar-refractivity contribution in [2.45, 2.75) is 12.7 Å². The molecule has 1 aliphatic heterocycles. The number of benzene rings is 1. The van der Waals surface area contributed by atoms with E-state index in [2.05, 4.69) is 15.4 Å². The fourth-order valence-electron chi connectivity index (χ4n) is 1.51. The van der Waals surface area contributed by atoms with Gasteiger partial charge in [0.2, 0.25) is 5.91 Å². The topological polar surface area (TPSA) is 50.4 Å². The van der Waals surface area contributed by atoms with Gasteiger partial charge in [0.15, 0.2) is 0 Å². The lowest BCUT2D eigenvalue weighted by molar-refractivity contribution is -0.117. The zero-order chi connectivity index (χ0) is 13.0. The predicted octanol–water partition coefficient (Wildman–Crippen LogP) is 1.89. The lowest BCUT2D eigenvalue weighted by Crippen LogP contribution is -2.37. The molecule has 1 saturated heterocycles. The first-order valence-electron chi connectivity index (χ1n) is 5.32. The molecule has 1 aromatic carbocycles. The fourth-order valence-corrected chi connectivity index (χ4v) is 2.45. The molecule has 0 aliphatic carbocycles. The summed E-state index contributed by atoms with van der Waals surface area (Å²) >= 11 is 1.66. The molecule has 7 heteroatoms. The molecule has 1 atom stereocenters. The highest BCUT2D eigenvalue weighted by Crippen LogP contribution is 2.18. The van der Waals surface area contributed by atoms with Crippen LogP contribution >= 0.6 is 11.8 Å². The number of ether oxygens (including phenoxy) is 1. The van der Waals surface area contributed by atoms with E-state index in [1.54, 1.807) is 11.8 Å². The lowest BCUT2D eigenvalue weighted by atomic mass is 10.2. The normalized spacial score (nSPS) is 18.9. The second-order valence-electron chi connectivity index (χ2n) is 3.66. The van der Waals surface area contributed by atoms with E-state index in [1.807, 2.05) is 0 Å². The standard InChI is InChI=1S/C11H12F2N2O2S/c12-11(13)17-8-3-1-7(2-4-8)15-10(16)9-5-18-6-14-9/h1-4,9,11,14H,5-6H2,(H,15,16). The maximum atomic E-state index is 11.9. The molecule has 1 fully saturated rings. The second kappa shape index (κ2) is 6.01. The van der Waals surface area contributed by atoms with Crippen LogP contribution in [0.2, 0.25) is 0 Å². The third-order valence-electron chi connectivity index (χ3n) is 2.38. The number of anilines is 1. The minimum absolute atomic E-state index is 0.0672. The summed E-state index contributed by atoms with van der Waals surface area (Å²) in [6.45, 7) is -2.84. The molecule has 1 aliphatic rings. The third kappa shape index (κ3) is 3.58. The number of rotatable bonds is 4. The predicted molar refractivity (Wildman–Crippen MR) is 66.0 cm³/mol. The molecular formula is C11H12F2N2O2S. The number of hydrogen-bond acceptors (Lipinski definition) is 4. The van der Waals surface area contributed by atoms with Crippen molar-refractivity contribution in [3.05, 3.63) is 24.3 Å². The summed E-state index contributed by atoms with van der Waals surface area (Å²) in [6, 6.07) is 5.62. The quantitative estimate of drug-likeness (QED) is 0.880. The van der Waals surface area contributed by atoms with Crippen LogP contribution in [0.1, 0.15) is 0 Å². The van der Waals surface area contributed by atoms with E-state index < -0.39 is 6.61 Å². The molecule has 0 aromatic heterocycles. The number of alkyl halides is 2. The van der Waals surface area contributed by atoms with Crippen molar-refractivity contribution >= 4 is 23.4 Å². The Hall–Kier alpha value is -1.34. The van der Waals surface area contributed by atoms with Gasteiger partial charge in [0.05, 0.1) is 6.04 Å². The van der Waals surface area contributed by atoms with E-state index in [0.717, 1.165) is 11.6 Å². The van der Waals surface area contributed by atoms with Crippen LogP contribution in [-0.2, 0) is 4.79 Å². The molecule has 4 nitrogen and oxygen atoms in total. The number of carbonyl (C=O) groups is 1. The van der Waals surface area contributed by atoms with Gasteiger partial charge in [-0.25, -0.2) is 0 Å². The molecule has 98 valence electrons. The van der Waals surface area contributed by atoms with Crippen LogP contribution in [0.5, 0.6) is 5.75 Å². The van der Waals surface area contributed by atoms with Crippen molar-refractivity contribution in [2.24, 2.45) is 0 Å². The van der Waals surface area contributed by atoms with E-state index in [9.17, 15) is 13.6 Å². The molecule has 0 saturated carbocycles. The highest BCUT2D eigenvalue weighted by Gasteiger charge is 2.22. The number of halogens is 2. The monoisotopic (exact) mass is 274 g/mol. The molecule has 18 heavy (non-hydrogen) atoms.